The fourth-order valence-electron chi connectivity index (χ4n) is 3.52. The Balaban J connectivity index is 1.54. The van der Waals surface area contributed by atoms with Crippen molar-refractivity contribution in [3.05, 3.63) is 35.9 Å². The molecular formula is C18H27N. The van der Waals surface area contributed by atoms with Crippen LogP contribution in [0.3, 0.4) is 0 Å². The van der Waals surface area contributed by atoms with Gasteiger partial charge in [-0.1, -0.05) is 56.0 Å². The molecule has 2 aliphatic rings. The zero-order valence-corrected chi connectivity index (χ0v) is 12.0. The van der Waals surface area contributed by atoms with E-state index >= 15 is 0 Å². The Morgan fingerprint density at radius 3 is 2.42 bits per heavy atom. The van der Waals surface area contributed by atoms with Crippen LogP contribution < -0.4 is 5.32 Å². The van der Waals surface area contributed by atoms with Crippen LogP contribution in [-0.4, -0.2) is 12.6 Å². The van der Waals surface area contributed by atoms with E-state index in [0.717, 1.165) is 17.9 Å². The highest BCUT2D eigenvalue weighted by atomic mass is 14.9. The van der Waals surface area contributed by atoms with E-state index in [1.807, 2.05) is 0 Å². The third-order valence-electron chi connectivity index (χ3n) is 4.78. The highest BCUT2D eigenvalue weighted by molar-refractivity contribution is 5.15. The van der Waals surface area contributed by atoms with Crippen LogP contribution in [0.5, 0.6) is 0 Å². The van der Waals surface area contributed by atoms with Crippen molar-refractivity contribution in [3.63, 3.8) is 0 Å². The summed E-state index contributed by atoms with van der Waals surface area (Å²) in [6.45, 7) is 1.23. The second-order valence-electron chi connectivity index (χ2n) is 6.62. The van der Waals surface area contributed by atoms with Gasteiger partial charge in [0, 0.05) is 6.04 Å². The van der Waals surface area contributed by atoms with E-state index in [9.17, 15) is 0 Å². The summed E-state index contributed by atoms with van der Waals surface area (Å²) in [5.74, 6) is 1.85. The normalized spacial score (nSPS) is 21.7. The fourth-order valence-corrected chi connectivity index (χ4v) is 3.52. The van der Waals surface area contributed by atoms with Crippen LogP contribution in [0.15, 0.2) is 30.3 Å². The van der Waals surface area contributed by atoms with Gasteiger partial charge in [0.2, 0.25) is 0 Å². The third-order valence-corrected chi connectivity index (χ3v) is 4.78. The Kier molecular flexibility index (Phi) is 4.55. The van der Waals surface area contributed by atoms with Gasteiger partial charge in [-0.3, -0.25) is 0 Å². The van der Waals surface area contributed by atoms with Crippen molar-refractivity contribution in [2.24, 2.45) is 11.8 Å². The van der Waals surface area contributed by atoms with Crippen LogP contribution in [-0.2, 0) is 6.42 Å². The molecule has 2 aliphatic carbocycles. The van der Waals surface area contributed by atoms with Crippen LogP contribution in [0.2, 0.25) is 0 Å². The van der Waals surface area contributed by atoms with Crippen LogP contribution in [0, 0.1) is 11.8 Å². The minimum atomic E-state index is 0.839. The molecule has 3 rings (SSSR count). The molecule has 2 saturated carbocycles. The molecule has 2 fully saturated rings. The van der Waals surface area contributed by atoms with E-state index < -0.39 is 0 Å². The molecule has 0 bridgehead atoms. The highest BCUT2D eigenvalue weighted by Crippen LogP contribution is 2.31. The zero-order chi connectivity index (χ0) is 12.9. The standard InChI is InChI=1S/C18H27N/c1-2-6-15(7-3-1)12-17(14-19-18-10-11-18)13-16-8-4-5-9-16/h1-3,6-7,16-19H,4-5,8-14H2. The van der Waals surface area contributed by atoms with Crippen LogP contribution in [0.4, 0.5) is 0 Å². The number of benzene rings is 1. The van der Waals surface area contributed by atoms with Crippen LogP contribution >= 0.6 is 0 Å². The van der Waals surface area contributed by atoms with Crippen molar-refractivity contribution < 1.29 is 0 Å². The minimum Gasteiger partial charge on any atom is -0.314 e. The molecule has 1 heteroatoms. The van der Waals surface area contributed by atoms with Gasteiger partial charge >= 0.3 is 0 Å². The molecule has 19 heavy (non-hydrogen) atoms. The van der Waals surface area contributed by atoms with Gasteiger partial charge in [-0.25, -0.2) is 0 Å². The average Bonchev–Trinajstić information content (AvgIpc) is 3.13. The summed E-state index contributed by atoms with van der Waals surface area (Å²) in [5.41, 5.74) is 1.52. The summed E-state index contributed by atoms with van der Waals surface area (Å²) in [6, 6.07) is 11.9. The lowest BCUT2D eigenvalue weighted by Gasteiger charge is -2.21. The number of hydrogen-bond donors (Lipinski definition) is 1. The van der Waals surface area contributed by atoms with Crippen molar-refractivity contribution in [3.8, 4) is 0 Å². The second kappa shape index (κ2) is 6.56. The Morgan fingerprint density at radius 2 is 1.74 bits per heavy atom. The SMILES string of the molecule is c1ccc(CC(CNC2CC2)CC2CCCC2)cc1. The number of hydrogen-bond acceptors (Lipinski definition) is 1. The van der Waals surface area contributed by atoms with Crippen LogP contribution in [0.25, 0.3) is 0 Å². The summed E-state index contributed by atoms with van der Waals surface area (Å²) < 4.78 is 0. The largest absolute Gasteiger partial charge is 0.314 e. The minimum absolute atomic E-state index is 0.839. The maximum Gasteiger partial charge on any atom is 0.00683 e. The first kappa shape index (κ1) is 13.2. The van der Waals surface area contributed by atoms with Gasteiger partial charge in [0.15, 0.2) is 0 Å². The van der Waals surface area contributed by atoms with Gasteiger partial charge < -0.3 is 5.32 Å². The summed E-state index contributed by atoms with van der Waals surface area (Å²) >= 11 is 0. The molecule has 0 radical (unpaired) electrons. The zero-order valence-electron chi connectivity index (χ0n) is 12.0. The number of nitrogens with one attached hydrogen (secondary N) is 1. The average molecular weight is 257 g/mol. The summed E-state index contributed by atoms with van der Waals surface area (Å²) in [4.78, 5) is 0. The van der Waals surface area contributed by atoms with Crippen molar-refractivity contribution in [1.82, 2.24) is 5.32 Å². The summed E-state index contributed by atoms with van der Waals surface area (Å²) in [6.07, 6.45) is 11.4. The van der Waals surface area contributed by atoms with Gasteiger partial charge in [-0.2, -0.15) is 0 Å². The van der Waals surface area contributed by atoms with Crippen molar-refractivity contribution in [2.45, 2.75) is 57.4 Å². The van der Waals surface area contributed by atoms with Gasteiger partial charge in [0.25, 0.3) is 0 Å². The lowest BCUT2D eigenvalue weighted by Crippen LogP contribution is -2.27. The van der Waals surface area contributed by atoms with E-state index in [0.29, 0.717) is 0 Å². The molecular weight excluding hydrogens is 230 g/mol. The fraction of sp³-hybridized carbons (Fsp3) is 0.667. The van der Waals surface area contributed by atoms with Crippen molar-refractivity contribution in [1.29, 1.82) is 0 Å². The Labute approximate surface area is 117 Å². The molecule has 0 saturated heterocycles. The molecule has 104 valence electrons. The van der Waals surface area contributed by atoms with Gasteiger partial charge in [-0.15, -0.1) is 0 Å². The van der Waals surface area contributed by atoms with E-state index in [1.165, 1.54) is 63.5 Å². The first-order valence-corrected chi connectivity index (χ1v) is 8.17. The summed E-state index contributed by atoms with van der Waals surface area (Å²) in [5, 5.41) is 3.75. The maximum absolute atomic E-state index is 3.75. The van der Waals surface area contributed by atoms with Crippen molar-refractivity contribution >= 4 is 0 Å². The highest BCUT2D eigenvalue weighted by Gasteiger charge is 2.24. The van der Waals surface area contributed by atoms with Gasteiger partial charge in [-0.05, 0) is 49.6 Å². The molecule has 0 aromatic heterocycles. The molecule has 1 N–H and O–H groups in total. The van der Waals surface area contributed by atoms with E-state index in [-0.39, 0.29) is 0 Å². The number of rotatable bonds is 7. The maximum atomic E-state index is 3.75. The molecule has 1 aromatic carbocycles. The topological polar surface area (TPSA) is 12.0 Å². The van der Waals surface area contributed by atoms with Crippen LogP contribution in [0.1, 0.15) is 50.5 Å². The molecule has 0 spiro atoms. The van der Waals surface area contributed by atoms with Gasteiger partial charge in [0.05, 0.1) is 0 Å². The summed E-state index contributed by atoms with van der Waals surface area (Å²) in [7, 11) is 0. The predicted molar refractivity (Wildman–Crippen MR) is 81.2 cm³/mol. The van der Waals surface area contributed by atoms with E-state index in [4.69, 9.17) is 0 Å². The monoisotopic (exact) mass is 257 g/mol. The molecule has 1 unspecified atom stereocenters. The first-order chi connectivity index (χ1) is 9.40. The lowest BCUT2D eigenvalue weighted by atomic mass is 9.88. The molecule has 1 atom stereocenters. The third kappa shape index (κ3) is 4.35. The van der Waals surface area contributed by atoms with Crippen molar-refractivity contribution in [2.75, 3.05) is 6.54 Å². The first-order valence-electron chi connectivity index (χ1n) is 8.17. The van der Waals surface area contributed by atoms with Gasteiger partial charge in [0.1, 0.15) is 0 Å². The molecule has 0 amide bonds. The Bertz CT molecular complexity index is 363. The lowest BCUT2D eigenvalue weighted by molar-refractivity contribution is 0.356. The molecule has 1 aromatic rings. The quantitative estimate of drug-likeness (QED) is 0.772. The second-order valence-corrected chi connectivity index (χ2v) is 6.62. The molecule has 0 aliphatic heterocycles. The van der Waals surface area contributed by atoms with E-state index in [2.05, 4.69) is 35.6 Å². The van der Waals surface area contributed by atoms with E-state index in [1.54, 1.807) is 0 Å². The Morgan fingerprint density at radius 1 is 1.00 bits per heavy atom. The Hall–Kier alpha value is -0.820. The molecule has 1 nitrogen and oxygen atoms in total. The predicted octanol–water partition coefficient (Wildman–Crippen LogP) is 4.18. The molecule has 0 heterocycles. The smallest absolute Gasteiger partial charge is 0.00683 e.